The maximum absolute atomic E-state index is 12.5. The predicted octanol–water partition coefficient (Wildman–Crippen LogP) is 3.09. The molecule has 0 aromatic heterocycles. The highest BCUT2D eigenvalue weighted by molar-refractivity contribution is 6.26. The molecule has 0 saturated carbocycles. The molecule has 0 bridgehead atoms. The first kappa shape index (κ1) is 11.9. The molecule has 1 aliphatic heterocycles. The van der Waals surface area contributed by atoms with Crippen LogP contribution in [0.5, 0.6) is 0 Å². The standard InChI is InChI=1S/C16H15NO2/c1-10(2)9-17-15(18)13-8-7-11-5-3-4-6-12(11)14(13)16(17)19/h3-8,10H,9H2,1-2H3. The number of rotatable bonds is 2. The summed E-state index contributed by atoms with van der Waals surface area (Å²) in [7, 11) is 0. The Kier molecular flexibility index (Phi) is 2.63. The van der Waals surface area contributed by atoms with Crippen molar-refractivity contribution in [3.05, 3.63) is 47.5 Å². The van der Waals surface area contributed by atoms with Crippen molar-refractivity contribution in [1.29, 1.82) is 0 Å². The van der Waals surface area contributed by atoms with Gasteiger partial charge in [0.15, 0.2) is 0 Å². The van der Waals surface area contributed by atoms with Crippen LogP contribution in [0.4, 0.5) is 0 Å². The van der Waals surface area contributed by atoms with Crippen molar-refractivity contribution in [2.45, 2.75) is 13.8 Å². The normalized spacial score (nSPS) is 14.6. The van der Waals surface area contributed by atoms with Crippen molar-refractivity contribution in [3.8, 4) is 0 Å². The SMILES string of the molecule is CC(C)CN1C(=O)c2ccc3ccccc3c2C1=O. The Bertz CT molecular complexity index is 688. The van der Waals surface area contributed by atoms with Crippen LogP contribution in [0.2, 0.25) is 0 Å². The van der Waals surface area contributed by atoms with E-state index in [1.165, 1.54) is 4.90 Å². The molecule has 2 aromatic rings. The third kappa shape index (κ3) is 1.73. The Hall–Kier alpha value is -2.16. The number of fused-ring (bicyclic) bond motifs is 3. The molecule has 0 atom stereocenters. The maximum Gasteiger partial charge on any atom is 0.262 e. The van der Waals surface area contributed by atoms with Gasteiger partial charge in [0.1, 0.15) is 0 Å². The Balaban J connectivity index is 2.19. The fraction of sp³-hybridized carbons (Fsp3) is 0.250. The third-order valence-corrected chi connectivity index (χ3v) is 3.41. The van der Waals surface area contributed by atoms with E-state index < -0.39 is 0 Å². The molecule has 2 amide bonds. The molecular weight excluding hydrogens is 238 g/mol. The number of nitrogens with zero attached hydrogens (tertiary/aromatic N) is 1. The number of amides is 2. The van der Waals surface area contributed by atoms with E-state index in [0.29, 0.717) is 17.7 Å². The predicted molar refractivity (Wildman–Crippen MR) is 74.2 cm³/mol. The van der Waals surface area contributed by atoms with E-state index in [-0.39, 0.29) is 17.7 Å². The van der Waals surface area contributed by atoms with Crippen LogP contribution < -0.4 is 0 Å². The molecule has 3 rings (SSSR count). The summed E-state index contributed by atoms with van der Waals surface area (Å²) < 4.78 is 0. The van der Waals surface area contributed by atoms with Crippen molar-refractivity contribution >= 4 is 22.6 Å². The monoisotopic (exact) mass is 253 g/mol. The lowest BCUT2D eigenvalue weighted by Crippen LogP contribution is -2.33. The third-order valence-electron chi connectivity index (χ3n) is 3.41. The minimum Gasteiger partial charge on any atom is -0.274 e. The zero-order valence-corrected chi connectivity index (χ0v) is 11.0. The summed E-state index contributed by atoms with van der Waals surface area (Å²) in [6.45, 7) is 4.48. The average molecular weight is 253 g/mol. The molecule has 0 aliphatic carbocycles. The van der Waals surface area contributed by atoms with Gasteiger partial charge in [-0.05, 0) is 22.8 Å². The van der Waals surface area contributed by atoms with Gasteiger partial charge in [-0.2, -0.15) is 0 Å². The van der Waals surface area contributed by atoms with Gasteiger partial charge >= 0.3 is 0 Å². The quantitative estimate of drug-likeness (QED) is 0.771. The van der Waals surface area contributed by atoms with Gasteiger partial charge in [-0.3, -0.25) is 14.5 Å². The van der Waals surface area contributed by atoms with Gasteiger partial charge in [0.2, 0.25) is 0 Å². The number of carbonyl (C=O) groups excluding carboxylic acids is 2. The van der Waals surface area contributed by atoms with Crippen LogP contribution in [0.15, 0.2) is 36.4 Å². The van der Waals surface area contributed by atoms with Gasteiger partial charge in [-0.1, -0.05) is 44.2 Å². The zero-order valence-electron chi connectivity index (χ0n) is 11.0. The van der Waals surface area contributed by atoms with Crippen LogP contribution in [0, 0.1) is 5.92 Å². The number of imide groups is 1. The van der Waals surface area contributed by atoms with Crippen molar-refractivity contribution in [1.82, 2.24) is 4.90 Å². The average Bonchev–Trinajstić information content (AvgIpc) is 2.63. The van der Waals surface area contributed by atoms with E-state index in [4.69, 9.17) is 0 Å². The molecule has 96 valence electrons. The van der Waals surface area contributed by atoms with E-state index in [1.807, 2.05) is 44.2 Å². The van der Waals surface area contributed by atoms with Gasteiger partial charge in [0.25, 0.3) is 11.8 Å². The van der Waals surface area contributed by atoms with Gasteiger partial charge in [-0.25, -0.2) is 0 Å². The second-order valence-electron chi connectivity index (χ2n) is 5.32. The molecule has 0 unspecified atom stereocenters. The molecule has 1 aliphatic rings. The topological polar surface area (TPSA) is 37.4 Å². The molecule has 2 aromatic carbocycles. The lowest BCUT2D eigenvalue weighted by molar-refractivity contribution is 0.0637. The van der Waals surface area contributed by atoms with Crippen LogP contribution in [-0.2, 0) is 0 Å². The molecule has 3 heteroatoms. The van der Waals surface area contributed by atoms with Crippen LogP contribution in [0.1, 0.15) is 34.6 Å². The smallest absolute Gasteiger partial charge is 0.262 e. The van der Waals surface area contributed by atoms with E-state index in [0.717, 1.165) is 10.8 Å². The highest BCUT2D eigenvalue weighted by Crippen LogP contribution is 2.30. The molecule has 0 fully saturated rings. The van der Waals surface area contributed by atoms with Gasteiger partial charge in [0, 0.05) is 6.54 Å². The van der Waals surface area contributed by atoms with Crippen LogP contribution in [0.3, 0.4) is 0 Å². The molecule has 3 nitrogen and oxygen atoms in total. The minimum atomic E-state index is -0.167. The lowest BCUT2D eigenvalue weighted by Gasteiger charge is -2.15. The number of carbonyl (C=O) groups is 2. The number of hydrogen-bond acceptors (Lipinski definition) is 2. The van der Waals surface area contributed by atoms with Gasteiger partial charge < -0.3 is 0 Å². The van der Waals surface area contributed by atoms with E-state index in [9.17, 15) is 9.59 Å². The summed E-state index contributed by atoms with van der Waals surface area (Å²) >= 11 is 0. The van der Waals surface area contributed by atoms with Gasteiger partial charge in [0.05, 0.1) is 11.1 Å². The van der Waals surface area contributed by atoms with Crippen molar-refractivity contribution < 1.29 is 9.59 Å². The van der Waals surface area contributed by atoms with Crippen LogP contribution >= 0.6 is 0 Å². The molecule has 0 N–H and O–H groups in total. The minimum absolute atomic E-state index is 0.162. The first-order valence-electron chi connectivity index (χ1n) is 6.47. The van der Waals surface area contributed by atoms with Crippen molar-refractivity contribution in [2.75, 3.05) is 6.54 Å². The lowest BCUT2D eigenvalue weighted by atomic mass is 10.0. The fourth-order valence-corrected chi connectivity index (χ4v) is 2.58. The molecule has 0 radical (unpaired) electrons. The second kappa shape index (κ2) is 4.19. The summed E-state index contributed by atoms with van der Waals surface area (Å²) in [6, 6.07) is 11.3. The summed E-state index contributed by atoms with van der Waals surface area (Å²) in [4.78, 5) is 26.1. The largest absolute Gasteiger partial charge is 0.274 e. The highest BCUT2D eigenvalue weighted by Gasteiger charge is 2.36. The first-order valence-corrected chi connectivity index (χ1v) is 6.47. The summed E-state index contributed by atoms with van der Waals surface area (Å²) in [5.74, 6) is -0.0570. The Morgan fingerprint density at radius 1 is 1.00 bits per heavy atom. The van der Waals surface area contributed by atoms with Crippen molar-refractivity contribution in [3.63, 3.8) is 0 Å². The van der Waals surface area contributed by atoms with Gasteiger partial charge in [-0.15, -0.1) is 0 Å². The molecule has 0 saturated heterocycles. The van der Waals surface area contributed by atoms with E-state index in [1.54, 1.807) is 6.07 Å². The molecular formula is C16H15NO2. The maximum atomic E-state index is 12.5. The Morgan fingerprint density at radius 3 is 2.47 bits per heavy atom. The second-order valence-corrected chi connectivity index (χ2v) is 5.32. The Labute approximate surface area is 111 Å². The highest BCUT2D eigenvalue weighted by atomic mass is 16.2. The fourth-order valence-electron chi connectivity index (χ4n) is 2.58. The van der Waals surface area contributed by atoms with Crippen LogP contribution in [-0.4, -0.2) is 23.3 Å². The number of hydrogen-bond donors (Lipinski definition) is 0. The summed E-state index contributed by atoms with van der Waals surface area (Å²) in [5, 5.41) is 1.86. The summed E-state index contributed by atoms with van der Waals surface area (Å²) in [6.07, 6.45) is 0. The zero-order chi connectivity index (χ0) is 13.6. The van der Waals surface area contributed by atoms with E-state index in [2.05, 4.69) is 0 Å². The van der Waals surface area contributed by atoms with Crippen LogP contribution in [0.25, 0.3) is 10.8 Å². The molecule has 0 spiro atoms. The number of benzene rings is 2. The summed E-state index contributed by atoms with van der Waals surface area (Å²) in [5.41, 5.74) is 1.09. The van der Waals surface area contributed by atoms with E-state index >= 15 is 0 Å². The molecule has 1 heterocycles. The first-order chi connectivity index (χ1) is 9.09. The Morgan fingerprint density at radius 2 is 1.74 bits per heavy atom. The molecule has 19 heavy (non-hydrogen) atoms. The van der Waals surface area contributed by atoms with Crippen molar-refractivity contribution in [2.24, 2.45) is 5.92 Å².